The highest BCUT2D eigenvalue weighted by atomic mass is 32.2. The molecule has 1 heterocycles. The lowest BCUT2D eigenvalue weighted by Gasteiger charge is -2.19. The molecule has 2 rings (SSSR count). The summed E-state index contributed by atoms with van der Waals surface area (Å²) in [7, 11) is -3.68. The summed E-state index contributed by atoms with van der Waals surface area (Å²) in [5.41, 5.74) is 2.96. The number of hydrogen-bond donors (Lipinski definition) is 2. The number of nitrogens with one attached hydrogen (secondary N) is 1. The van der Waals surface area contributed by atoms with E-state index in [2.05, 4.69) is 0 Å². The van der Waals surface area contributed by atoms with Crippen LogP contribution < -0.4 is 4.74 Å². The van der Waals surface area contributed by atoms with Gasteiger partial charge >= 0.3 is 5.97 Å². The van der Waals surface area contributed by atoms with Gasteiger partial charge in [0.15, 0.2) is 9.84 Å². The summed E-state index contributed by atoms with van der Waals surface area (Å²) in [4.78, 5) is 22.7. The average Bonchev–Trinajstić information content (AvgIpc) is 3.00. The number of aliphatic carboxylic acids is 1. The van der Waals surface area contributed by atoms with Crippen LogP contribution in [0.25, 0.3) is 0 Å². The van der Waals surface area contributed by atoms with Crippen molar-refractivity contribution in [1.29, 1.82) is 5.41 Å². The van der Waals surface area contributed by atoms with Crippen LogP contribution in [0.15, 0.2) is 4.90 Å². The van der Waals surface area contributed by atoms with Gasteiger partial charge in [-0.1, -0.05) is 12.8 Å². The van der Waals surface area contributed by atoms with Crippen LogP contribution in [0.1, 0.15) is 81.5 Å². The fraction of sp³-hybridized carbons (Fsp3) is 0.640. The van der Waals surface area contributed by atoms with Gasteiger partial charge in [0.25, 0.3) is 0 Å². The van der Waals surface area contributed by atoms with E-state index in [1.807, 2.05) is 27.7 Å². The Morgan fingerprint density at radius 3 is 2.30 bits per heavy atom. The Hall–Kier alpha value is -2.22. The van der Waals surface area contributed by atoms with Gasteiger partial charge in [0.1, 0.15) is 17.1 Å². The Bertz CT molecular complexity index is 1060. The molecule has 1 aromatic rings. The average molecular weight is 480 g/mol. The number of carbonyl (C=O) groups excluding carboxylic acids is 1. The van der Waals surface area contributed by atoms with Crippen LogP contribution in [0.3, 0.4) is 0 Å². The van der Waals surface area contributed by atoms with Gasteiger partial charge in [0, 0.05) is 24.1 Å². The van der Waals surface area contributed by atoms with Crippen LogP contribution in [0, 0.1) is 32.1 Å². The zero-order valence-corrected chi connectivity index (χ0v) is 21.4. The number of benzene rings is 1. The summed E-state index contributed by atoms with van der Waals surface area (Å²) in [5.74, 6) is -1.32. The molecule has 0 amide bonds. The van der Waals surface area contributed by atoms with Gasteiger partial charge in [-0.05, 0) is 77.5 Å². The lowest BCUT2D eigenvalue weighted by atomic mass is 9.94. The molecule has 1 atom stereocenters. The molecular weight excluding hydrogens is 442 g/mol. The van der Waals surface area contributed by atoms with E-state index in [9.17, 15) is 23.1 Å². The fourth-order valence-electron chi connectivity index (χ4n) is 4.65. The Balaban J connectivity index is 2.00. The van der Waals surface area contributed by atoms with Crippen LogP contribution in [-0.4, -0.2) is 42.3 Å². The molecule has 7 nitrogen and oxygen atoms in total. The highest BCUT2D eigenvalue weighted by molar-refractivity contribution is 7.92. The third kappa shape index (κ3) is 6.65. The van der Waals surface area contributed by atoms with Crippen molar-refractivity contribution in [2.24, 2.45) is 5.92 Å². The normalized spacial score (nSPS) is 15.6. The minimum absolute atomic E-state index is 0.0323. The highest BCUT2D eigenvalue weighted by Gasteiger charge is 2.36. The molecule has 1 aliphatic heterocycles. The zero-order valence-electron chi connectivity index (χ0n) is 20.6. The van der Waals surface area contributed by atoms with Crippen LogP contribution >= 0.6 is 0 Å². The number of fused-ring (bicyclic) bond motifs is 1. The molecule has 2 N–H and O–H groups in total. The lowest BCUT2D eigenvalue weighted by Crippen LogP contribution is -2.24. The molecule has 0 aliphatic carbocycles. The first-order valence-corrected chi connectivity index (χ1v) is 13.1. The predicted octanol–water partition coefficient (Wildman–Crippen LogP) is 4.75. The first kappa shape index (κ1) is 27.0. The van der Waals surface area contributed by atoms with E-state index >= 15 is 0 Å². The molecule has 33 heavy (non-hydrogen) atoms. The number of unbranched alkanes of at least 4 members (excludes halogenated alkanes) is 2. The maximum atomic E-state index is 13.3. The summed E-state index contributed by atoms with van der Waals surface area (Å²) in [6, 6.07) is 0. The predicted molar refractivity (Wildman–Crippen MR) is 128 cm³/mol. The van der Waals surface area contributed by atoms with Crippen LogP contribution in [0.5, 0.6) is 5.75 Å². The molecule has 0 radical (unpaired) electrons. The lowest BCUT2D eigenvalue weighted by molar-refractivity contribution is -0.143. The van der Waals surface area contributed by atoms with Gasteiger partial charge in [0.05, 0.1) is 16.6 Å². The largest absolute Gasteiger partial charge is 0.487 e. The first-order chi connectivity index (χ1) is 15.2. The van der Waals surface area contributed by atoms with Crippen LogP contribution in [0.2, 0.25) is 0 Å². The van der Waals surface area contributed by atoms with Crippen molar-refractivity contribution in [3.8, 4) is 5.75 Å². The molecular formula is C25H37NO6S. The molecule has 0 saturated heterocycles. The molecule has 0 spiro atoms. The van der Waals surface area contributed by atoms with Gasteiger partial charge in [0.2, 0.25) is 0 Å². The SMILES string of the molecule is CC(=O)C[C@H](CCCCCC(=N)CS(=O)(=O)c1c(C)c(C)c2c(c1C)CC(C)(C)O2)C(=O)O. The number of carboxylic acid groups (broad SMARTS) is 1. The van der Waals surface area contributed by atoms with E-state index < -0.39 is 21.7 Å². The molecule has 1 aliphatic rings. The van der Waals surface area contributed by atoms with Gasteiger partial charge in [-0.25, -0.2) is 8.42 Å². The maximum absolute atomic E-state index is 13.3. The third-order valence-electron chi connectivity index (χ3n) is 6.38. The maximum Gasteiger partial charge on any atom is 0.306 e. The second-order valence-corrected chi connectivity index (χ2v) is 11.9. The van der Waals surface area contributed by atoms with E-state index in [0.717, 1.165) is 22.4 Å². The molecule has 0 saturated carbocycles. The van der Waals surface area contributed by atoms with Crippen molar-refractivity contribution >= 4 is 27.3 Å². The molecule has 0 fully saturated rings. The second kappa shape index (κ2) is 10.4. The first-order valence-electron chi connectivity index (χ1n) is 11.5. The van der Waals surface area contributed by atoms with E-state index in [0.29, 0.717) is 49.0 Å². The smallest absolute Gasteiger partial charge is 0.306 e. The molecule has 0 bridgehead atoms. The van der Waals surface area contributed by atoms with Crippen molar-refractivity contribution < 1.29 is 27.9 Å². The Kier molecular flexibility index (Phi) is 8.49. The van der Waals surface area contributed by atoms with Crippen molar-refractivity contribution in [3.05, 3.63) is 22.3 Å². The molecule has 1 aromatic carbocycles. The third-order valence-corrected chi connectivity index (χ3v) is 8.34. The second-order valence-electron chi connectivity index (χ2n) is 9.95. The van der Waals surface area contributed by atoms with E-state index in [1.54, 1.807) is 6.92 Å². The summed E-state index contributed by atoms with van der Waals surface area (Å²) in [5, 5.41) is 17.4. The summed E-state index contributed by atoms with van der Waals surface area (Å²) in [6.07, 6.45) is 3.37. The quantitative estimate of drug-likeness (QED) is 0.330. The number of carboxylic acids is 1. The topological polar surface area (TPSA) is 122 Å². The molecule has 184 valence electrons. The monoisotopic (exact) mass is 479 g/mol. The minimum atomic E-state index is -3.68. The standard InChI is InChI=1S/C25H37NO6S/c1-15(27)12-19(24(28)29)10-8-7-9-11-20(26)14-33(30,31)23-17(3)16(2)22-21(18(23)4)13-25(5,6)32-22/h19,26H,7-14H2,1-6H3,(H,28,29)/t19-/m0/s1. The summed E-state index contributed by atoms with van der Waals surface area (Å²) >= 11 is 0. The van der Waals surface area contributed by atoms with Crippen molar-refractivity contribution in [2.75, 3.05) is 5.75 Å². The number of sulfone groups is 1. The molecule has 0 aromatic heterocycles. The Morgan fingerprint density at radius 2 is 1.73 bits per heavy atom. The number of ketones is 1. The van der Waals surface area contributed by atoms with E-state index in [4.69, 9.17) is 10.1 Å². The van der Waals surface area contributed by atoms with Gasteiger partial charge in [-0.3, -0.25) is 4.79 Å². The van der Waals surface area contributed by atoms with Gasteiger partial charge in [-0.2, -0.15) is 0 Å². The molecule has 8 heteroatoms. The van der Waals surface area contributed by atoms with Crippen molar-refractivity contribution in [3.63, 3.8) is 0 Å². The highest BCUT2D eigenvalue weighted by Crippen LogP contribution is 2.44. The van der Waals surface area contributed by atoms with Gasteiger partial charge < -0.3 is 20.0 Å². The zero-order chi connectivity index (χ0) is 25.1. The summed E-state index contributed by atoms with van der Waals surface area (Å²) < 4.78 is 32.6. The Labute approximate surface area is 197 Å². The number of rotatable bonds is 12. The van der Waals surface area contributed by atoms with E-state index in [1.165, 1.54) is 6.92 Å². The number of carbonyl (C=O) groups is 2. The van der Waals surface area contributed by atoms with Crippen LogP contribution in [0.4, 0.5) is 0 Å². The Morgan fingerprint density at radius 1 is 1.09 bits per heavy atom. The van der Waals surface area contributed by atoms with Crippen LogP contribution in [-0.2, 0) is 25.8 Å². The van der Waals surface area contributed by atoms with Gasteiger partial charge in [-0.15, -0.1) is 0 Å². The fourth-order valence-corrected chi connectivity index (χ4v) is 6.61. The van der Waals surface area contributed by atoms with E-state index in [-0.39, 0.29) is 29.3 Å². The molecule has 0 unspecified atom stereocenters. The number of hydrogen-bond acceptors (Lipinski definition) is 6. The summed E-state index contributed by atoms with van der Waals surface area (Å²) in [6.45, 7) is 10.9. The van der Waals surface area contributed by atoms with Crippen molar-refractivity contribution in [1.82, 2.24) is 0 Å². The number of Topliss-reactive ketones (excluding diaryl/α,β-unsaturated/α-hetero) is 1. The minimum Gasteiger partial charge on any atom is -0.487 e. The number of ether oxygens (including phenoxy) is 1. The van der Waals surface area contributed by atoms with Crippen molar-refractivity contribution in [2.45, 2.75) is 97.0 Å².